The molecule has 6 nitrogen and oxygen atoms in total. The molecule has 0 amide bonds. The van der Waals surface area contributed by atoms with Crippen LogP contribution >= 0.6 is 24.0 Å². The summed E-state index contributed by atoms with van der Waals surface area (Å²) in [5.41, 5.74) is 2.29. The highest BCUT2D eigenvalue weighted by molar-refractivity contribution is 14.0. The van der Waals surface area contributed by atoms with Gasteiger partial charge in [0.25, 0.3) is 0 Å². The third kappa shape index (κ3) is 8.74. The van der Waals surface area contributed by atoms with Gasteiger partial charge >= 0.3 is 0 Å². The Morgan fingerprint density at radius 2 is 1.79 bits per heavy atom. The molecule has 0 fully saturated rings. The van der Waals surface area contributed by atoms with Gasteiger partial charge in [-0.1, -0.05) is 18.2 Å². The van der Waals surface area contributed by atoms with E-state index in [9.17, 15) is 0 Å². The van der Waals surface area contributed by atoms with Crippen LogP contribution in [0.3, 0.4) is 0 Å². The van der Waals surface area contributed by atoms with E-state index in [1.165, 1.54) is 5.56 Å². The lowest BCUT2D eigenvalue weighted by molar-refractivity contribution is 0.181. The van der Waals surface area contributed by atoms with Gasteiger partial charge in [-0.05, 0) is 58.7 Å². The Labute approximate surface area is 193 Å². The Balaban J connectivity index is 0.00000420. The second kappa shape index (κ2) is 13.6. The van der Waals surface area contributed by atoms with Crippen LogP contribution in [0.15, 0.2) is 47.7 Å². The zero-order valence-electron chi connectivity index (χ0n) is 18.4. The molecule has 0 aliphatic rings. The maximum atomic E-state index is 4.73. The summed E-state index contributed by atoms with van der Waals surface area (Å²) in [5.74, 6) is 0.880. The number of guanidine groups is 1. The monoisotopic (exact) mass is 512 g/mol. The number of hydrogen-bond donors (Lipinski definition) is 2. The van der Waals surface area contributed by atoms with Gasteiger partial charge in [-0.3, -0.25) is 9.89 Å². The van der Waals surface area contributed by atoms with Gasteiger partial charge in [0.05, 0.1) is 18.4 Å². The first kappa shape index (κ1) is 25.4. The van der Waals surface area contributed by atoms with Gasteiger partial charge in [0.15, 0.2) is 5.96 Å². The van der Waals surface area contributed by atoms with Crippen molar-refractivity contribution in [2.24, 2.45) is 4.99 Å². The Morgan fingerprint density at radius 3 is 2.41 bits per heavy atom. The molecule has 0 aliphatic heterocycles. The minimum Gasteiger partial charge on any atom is -0.357 e. The molecule has 0 atom stereocenters. The number of aromatic nitrogens is 2. The van der Waals surface area contributed by atoms with Crippen LogP contribution in [0.25, 0.3) is 5.69 Å². The number of aliphatic imine (C=N–C) groups is 1. The number of nitrogens with one attached hydrogen (secondary N) is 2. The number of para-hydroxylation sites is 1. The molecule has 2 rings (SSSR count). The van der Waals surface area contributed by atoms with Gasteiger partial charge in [0.2, 0.25) is 0 Å². The minimum atomic E-state index is 0. The highest BCUT2D eigenvalue weighted by atomic mass is 127. The van der Waals surface area contributed by atoms with E-state index >= 15 is 0 Å². The van der Waals surface area contributed by atoms with E-state index < -0.39 is 0 Å². The summed E-state index contributed by atoms with van der Waals surface area (Å²) in [6.45, 7) is 14.5. The Morgan fingerprint density at radius 1 is 1.10 bits per heavy atom. The lowest BCUT2D eigenvalue weighted by Crippen LogP contribution is -2.41. The van der Waals surface area contributed by atoms with Crippen LogP contribution in [-0.2, 0) is 6.42 Å². The Kier molecular flexibility index (Phi) is 11.9. The quantitative estimate of drug-likeness (QED) is 0.290. The molecule has 0 spiro atoms. The normalized spacial score (nSPS) is 11.8. The summed E-state index contributed by atoms with van der Waals surface area (Å²) < 4.78 is 1.92. The van der Waals surface area contributed by atoms with Gasteiger partial charge < -0.3 is 10.6 Å². The second-order valence-electron chi connectivity index (χ2n) is 7.49. The summed E-state index contributed by atoms with van der Waals surface area (Å²) in [4.78, 5) is 7.20. The minimum absolute atomic E-state index is 0. The molecule has 1 aromatic heterocycles. The fourth-order valence-corrected chi connectivity index (χ4v) is 3.27. The van der Waals surface area contributed by atoms with Crippen molar-refractivity contribution in [3.05, 3.63) is 48.3 Å². The van der Waals surface area contributed by atoms with E-state index in [1.54, 1.807) is 0 Å². The lowest BCUT2D eigenvalue weighted by Gasteiger charge is -2.29. The smallest absolute Gasteiger partial charge is 0.191 e. The van der Waals surface area contributed by atoms with E-state index in [0.717, 1.165) is 44.2 Å². The van der Waals surface area contributed by atoms with Crippen LogP contribution < -0.4 is 10.6 Å². The zero-order chi connectivity index (χ0) is 20.4. The zero-order valence-corrected chi connectivity index (χ0v) is 20.8. The molecule has 2 aromatic rings. The third-order valence-corrected chi connectivity index (χ3v) is 4.66. The number of hydrogen-bond acceptors (Lipinski definition) is 3. The summed E-state index contributed by atoms with van der Waals surface area (Å²) in [7, 11) is 0. The van der Waals surface area contributed by atoms with Crippen molar-refractivity contribution >= 4 is 29.9 Å². The number of benzene rings is 1. The molecule has 162 valence electrons. The van der Waals surface area contributed by atoms with Gasteiger partial charge in [0.1, 0.15) is 0 Å². The molecule has 2 N–H and O–H groups in total. The molecule has 0 aliphatic carbocycles. The number of halogens is 1. The van der Waals surface area contributed by atoms with E-state index in [4.69, 9.17) is 4.99 Å². The average Bonchev–Trinajstić information content (AvgIpc) is 3.14. The SMILES string of the molecule is CCNC(=NCCN(C(C)C)C(C)C)NCCc1cnn(-c2ccccc2)c1.I. The Bertz CT molecular complexity index is 703. The topological polar surface area (TPSA) is 57.5 Å². The van der Waals surface area contributed by atoms with Gasteiger partial charge in [-0.2, -0.15) is 5.10 Å². The highest BCUT2D eigenvalue weighted by Gasteiger charge is 2.12. The van der Waals surface area contributed by atoms with E-state index in [1.807, 2.05) is 29.1 Å². The second-order valence-corrected chi connectivity index (χ2v) is 7.49. The first-order chi connectivity index (χ1) is 13.5. The highest BCUT2D eigenvalue weighted by Crippen LogP contribution is 2.08. The van der Waals surface area contributed by atoms with Crippen LogP contribution in [0.5, 0.6) is 0 Å². The van der Waals surface area contributed by atoms with Gasteiger partial charge in [0, 0.05) is 37.9 Å². The summed E-state index contributed by atoms with van der Waals surface area (Å²) in [6.07, 6.45) is 4.92. The van der Waals surface area contributed by atoms with Crippen molar-refractivity contribution in [1.29, 1.82) is 0 Å². The van der Waals surface area contributed by atoms with Crippen molar-refractivity contribution in [3.63, 3.8) is 0 Å². The number of nitrogens with zero attached hydrogens (tertiary/aromatic N) is 4. The molecule has 0 saturated heterocycles. The molecule has 0 saturated carbocycles. The molecular weight excluding hydrogens is 475 g/mol. The predicted octanol–water partition coefficient (Wildman–Crippen LogP) is 3.71. The van der Waals surface area contributed by atoms with E-state index in [-0.39, 0.29) is 24.0 Å². The molecule has 1 heterocycles. The summed E-state index contributed by atoms with van der Waals surface area (Å²) in [6, 6.07) is 11.2. The van der Waals surface area contributed by atoms with Crippen molar-refractivity contribution in [2.75, 3.05) is 26.2 Å². The van der Waals surface area contributed by atoms with Crippen molar-refractivity contribution in [1.82, 2.24) is 25.3 Å². The molecular formula is C22H37IN6. The molecule has 0 radical (unpaired) electrons. The van der Waals surface area contributed by atoms with E-state index in [2.05, 4.69) is 73.6 Å². The Hall–Kier alpha value is -1.61. The van der Waals surface area contributed by atoms with E-state index in [0.29, 0.717) is 12.1 Å². The first-order valence-corrected chi connectivity index (χ1v) is 10.4. The maximum absolute atomic E-state index is 4.73. The van der Waals surface area contributed by atoms with Crippen LogP contribution in [0, 0.1) is 0 Å². The van der Waals surface area contributed by atoms with Crippen LogP contribution in [0.1, 0.15) is 40.2 Å². The summed E-state index contributed by atoms with van der Waals surface area (Å²) in [5, 5.41) is 11.2. The largest absolute Gasteiger partial charge is 0.357 e. The fraction of sp³-hybridized carbons (Fsp3) is 0.545. The van der Waals surface area contributed by atoms with Crippen LogP contribution in [0.4, 0.5) is 0 Å². The van der Waals surface area contributed by atoms with Crippen molar-refractivity contribution in [3.8, 4) is 5.69 Å². The van der Waals surface area contributed by atoms with Crippen molar-refractivity contribution in [2.45, 2.75) is 53.1 Å². The maximum Gasteiger partial charge on any atom is 0.191 e. The molecule has 29 heavy (non-hydrogen) atoms. The average molecular weight is 512 g/mol. The predicted molar refractivity (Wildman–Crippen MR) is 134 cm³/mol. The van der Waals surface area contributed by atoms with Gasteiger partial charge in [-0.15, -0.1) is 24.0 Å². The fourth-order valence-electron chi connectivity index (χ4n) is 3.27. The third-order valence-electron chi connectivity index (χ3n) is 4.66. The van der Waals surface area contributed by atoms with Crippen LogP contribution in [0.2, 0.25) is 0 Å². The van der Waals surface area contributed by atoms with Crippen molar-refractivity contribution < 1.29 is 0 Å². The lowest BCUT2D eigenvalue weighted by atomic mass is 10.2. The molecule has 7 heteroatoms. The molecule has 0 bridgehead atoms. The molecule has 1 aromatic carbocycles. The van der Waals surface area contributed by atoms with Gasteiger partial charge in [-0.25, -0.2) is 4.68 Å². The van der Waals surface area contributed by atoms with Crippen LogP contribution in [-0.4, -0.2) is 58.9 Å². The summed E-state index contributed by atoms with van der Waals surface area (Å²) >= 11 is 0. The first-order valence-electron chi connectivity index (χ1n) is 10.4. The molecule has 0 unspecified atom stereocenters. The standard InChI is InChI=1S/C22H36N6.HI/c1-6-23-22(25-14-15-27(18(2)3)19(4)5)24-13-12-20-16-26-28(17-20)21-10-8-7-9-11-21;/h7-11,16-19H,6,12-15H2,1-5H3,(H2,23,24,25);1H. The number of rotatable bonds is 10.